The zero-order chi connectivity index (χ0) is 27.2. The molecule has 206 valence electrons. The highest BCUT2D eigenvalue weighted by Gasteiger charge is 2.43. The SMILES string of the molecule is CCCCCCCOc1cc2c(cc1C1CC1CCC=CC(C)=C(CC)C(=O)O)C(C)(C)CCC2(C)C. The van der Waals surface area contributed by atoms with Crippen LogP contribution in [0.15, 0.2) is 35.4 Å². The van der Waals surface area contributed by atoms with Crippen LogP contribution in [0.4, 0.5) is 0 Å². The van der Waals surface area contributed by atoms with Crippen LogP contribution in [0.3, 0.4) is 0 Å². The summed E-state index contributed by atoms with van der Waals surface area (Å²) in [4.78, 5) is 11.4. The van der Waals surface area contributed by atoms with E-state index in [0.717, 1.165) is 37.2 Å². The van der Waals surface area contributed by atoms with E-state index in [9.17, 15) is 9.90 Å². The maximum atomic E-state index is 11.4. The van der Waals surface area contributed by atoms with Gasteiger partial charge in [-0.05, 0) is 103 Å². The molecule has 2 unspecified atom stereocenters. The standard InChI is InChI=1S/C34H52O3/c1-8-10-11-12-15-20-37-31-23-30-29(33(4,5)18-19-34(30,6)7)22-28(31)27-21-25(27)17-14-13-16-24(3)26(9-2)32(35)36/h13,16,22-23,25,27H,8-12,14-15,17-21H2,1-7H3,(H,35,36). The minimum absolute atomic E-state index is 0.190. The summed E-state index contributed by atoms with van der Waals surface area (Å²) in [5, 5.41) is 9.35. The quantitative estimate of drug-likeness (QED) is 0.154. The fourth-order valence-electron chi connectivity index (χ4n) is 6.13. The summed E-state index contributed by atoms with van der Waals surface area (Å²) in [6.07, 6.45) is 16.8. The van der Waals surface area contributed by atoms with Gasteiger partial charge in [0.05, 0.1) is 6.61 Å². The predicted octanol–water partition coefficient (Wildman–Crippen LogP) is 9.64. The maximum absolute atomic E-state index is 11.4. The Bertz CT molecular complexity index is 995. The van der Waals surface area contributed by atoms with Crippen molar-refractivity contribution < 1.29 is 14.6 Å². The zero-order valence-electron chi connectivity index (χ0n) is 24.7. The van der Waals surface area contributed by atoms with Gasteiger partial charge in [0.2, 0.25) is 0 Å². The normalized spacial score (nSPS) is 22.5. The van der Waals surface area contributed by atoms with Gasteiger partial charge in [-0.25, -0.2) is 4.79 Å². The van der Waals surface area contributed by atoms with E-state index >= 15 is 0 Å². The van der Waals surface area contributed by atoms with Crippen LogP contribution >= 0.6 is 0 Å². The average molecular weight is 509 g/mol. The lowest BCUT2D eigenvalue weighted by Gasteiger charge is -2.42. The highest BCUT2D eigenvalue weighted by Crippen LogP contribution is 2.56. The van der Waals surface area contributed by atoms with Crippen molar-refractivity contribution >= 4 is 5.97 Å². The Morgan fingerprint density at radius 3 is 2.30 bits per heavy atom. The molecule has 1 aromatic carbocycles. The third kappa shape index (κ3) is 7.52. The number of carboxylic acids is 1. The van der Waals surface area contributed by atoms with Crippen LogP contribution in [0.5, 0.6) is 5.75 Å². The molecule has 0 bridgehead atoms. The zero-order valence-corrected chi connectivity index (χ0v) is 24.7. The van der Waals surface area contributed by atoms with E-state index in [2.05, 4.69) is 52.8 Å². The van der Waals surface area contributed by atoms with Crippen LogP contribution in [-0.2, 0) is 15.6 Å². The number of carboxylic acid groups (broad SMARTS) is 1. The van der Waals surface area contributed by atoms with Crippen molar-refractivity contribution in [3.05, 3.63) is 52.1 Å². The first-order valence-corrected chi connectivity index (χ1v) is 14.9. The van der Waals surface area contributed by atoms with E-state index in [-0.39, 0.29) is 10.8 Å². The molecular weight excluding hydrogens is 456 g/mol. The minimum atomic E-state index is -0.802. The van der Waals surface area contributed by atoms with E-state index in [1.54, 1.807) is 0 Å². The van der Waals surface area contributed by atoms with E-state index in [1.807, 2.05) is 19.9 Å². The van der Waals surface area contributed by atoms with Crippen LogP contribution in [0.1, 0.15) is 142 Å². The summed E-state index contributed by atoms with van der Waals surface area (Å²) < 4.78 is 6.54. The number of aliphatic carboxylic acids is 1. The molecule has 1 fully saturated rings. The maximum Gasteiger partial charge on any atom is 0.331 e. The van der Waals surface area contributed by atoms with Crippen LogP contribution < -0.4 is 4.74 Å². The van der Waals surface area contributed by atoms with Gasteiger partial charge >= 0.3 is 5.97 Å². The van der Waals surface area contributed by atoms with Crippen molar-refractivity contribution in [2.75, 3.05) is 6.61 Å². The molecule has 0 heterocycles. The summed E-state index contributed by atoms with van der Waals surface area (Å²) in [5.74, 6) is 1.60. The van der Waals surface area contributed by atoms with Crippen LogP contribution in [0.2, 0.25) is 0 Å². The van der Waals surface area contributed by atoms with E-state index in [0.29, 0.717) is 23.8 Å². The fourth-order valence-corrected chi connectivity index (χ4v) is 6.13. The molecule has 0 radical (unpaired) electrons. The number of carbonyl (C=O) groups is 1. The number of fused-ring (bicyclic) bond motifs is 1. The van der Waals surface area contributed by atoms with Crippen molar-refractivity contribution in [3.8, 4) is 5.75 Å². The Kier molecular flexibility index (Phi) is 10.1. The number of allylic oxidation sites excluding steroid dienone is 3. The number of unbranched alkanes of at least 4 members (excludes halogenated alkanes) is 4. The molecule has 1 saturated carbocycles. The van der Waals surface area contributed by atoms with Gasteiger partial charge in [-0.1, -0.05) is 85.4 Å². The van der Waals surface area contributed by atoms with Gasteiger partial charge in [0.25, 0.3) is 0 Å². The van der Waals surface area contributed by atoms with Gasteiger partial charge < -0.3 is 9.84 Å². The van der Waals surface area contributed by atoms with Gasteiger partial charge in [0.15, 0.2) is 0 Å². The molecule has 0 aromatic heterocycles. The highest BCUT2D eigenvalue weighted by molar-refractivity contribution is 5.87. The van der Waals surface area contributed by atoms with E-state index in [1.165, 1.54) is 61.6 Å². The van der Waals surface area contributed by atoms with Gasteiger partial charge in [-0.3, -0.25) is 0 Å². The molecule has 2 atom stereocenters. The second kappa shape index (κ2) is 12.7. The third-order valence-corrected chi connectivity index (χ3v) is 8.97. The third-order valence-electron chi connectivity index (χ3n) is 8.97. The molecule has 3 rings (SSSR count). The Labute approximate surface area is 226 Å². The molecule has 0 saturated heterocycles. The van der Waals surface area contributed by atoms with Crippen molar-refractivity contribution in [2.45, 2.75) is 136 Å². The lowest BCUT2D eigenvalue weighted by Crippen LogP contribution is -2.34. The molecule has 37 heavy (non-hydrogen) atoms. The van der Waals surface area contributed by atoms with Crippen molar-refractivity contribution in [1.82, 2.24) is 0 Å². The smallest absolute Gasteiger partial charge is 0.331 e. The fraction of sp³-hybridized carbons (Fsp3) is 0.676. The molecule has 2 aliphatic carbocycles. The van der Waals surface area contributed by atoms with Crippen LogP contribution in [-0.4, -0.2) is 17.7 Å². The summed E-state index contributed by atoms with van der Waals surface area (Å²) in [5.41, 5.74) is 6.23. The molecule has 0 amide bonds. The van der Waals surface area contributed by atoms with Crippen LogP contribution in [0.25, 0.3) is 0 Å². The Hall–Kier alpha value is -2.03. The Balaban J connectivity index is 1.74. The lowest BCUT2D eigenvalue weighted by molar-refractivity contribution is -0.132. The number of rotatable bonds is 14. The molecule has 0 spiro atoms. The topological polar surface area (TPSA) is 46.5 Å². The molecule has 0 aliphatic heterocycles. The summed E-state index contributed by atoms with van der Waals surface area (Å²) in [7, 11) is 0. The molecular formula is C34H52O3. The molecule has 3 heteroatoms. The number of hydrogen-bond donors (Lipinski definition) is 1. The Morgan fingerprint density at radius 2 is 1.68 bits per heavy atom. The van der Waals surface area contributed by atoms with E-state index in [4.69, 9.17) is 4.74 Å². The number of ether oxygens (including phenoxy) is 1. The van der Waals surface area contributed by atoms with Gasteiger partial charge in [-0.2, -0.15) is 0 Å². The Morgan fingerprint density at radius 1 is 1.03 bits per heavy atom. The molecule has 1 N–H and O–H groups in total. The first-order valence-electron chi connectivity index (χ1n) is 14.9. The molecule has 2 aliphatic rings. The molecule has 1 aromatic rings. The van der Waals surface area contributed by atoms with Gasteiger partial charge in [0.1, 0.15) is 5.75 Å². The second-order valence-corrected chi connectivity index (χ2v) is 12.9. The summed E-state index contributed by atoms with van der Waals surface area (Å²) >= 11 is 0. The number of hydrogen-bond acceptors (Lipinski definition) is 2. The predicted molar refractivity (Wildman–Crippen MR) is 156 cm³/mol. The summed E-state index contributed by atoms with van der Waals surface area (Å²) in [6, 6.07) is 4.94. The molecule has 3 nitrogen and oxygen atoms in total. The number of benzene rings is 1. The second-order valence-electron chi connectivity index (χ2n) is 12.9. The minimum Gasteiger partial charge on any atom is -0.493 e. The lowest BCUT2D eigenvalue weighted by atomic mass is 9.62. The summed E-state index contributed by atoms with van der Waals surface area (Å²) in [6.45, 7) is 16.5. The largest absolute Gasteiger partial charge is 0.493 e. The van der Waals surface area contributed by atoms with Gasteiger partial charge in [0, 0.05) is 5.57 Å². The van der Waals surface area contributed by atoms with Crippen molar-refractivity contribution in [3.63, 3.8) is 0 Å². The highest BCUT2D eigenvalue weighted by atomic mass is 16.5. The first kappa shape index (κ1) is 29.5. The van der Waals surface area contributed by atoms with Crippen LogP contribution in [0, 0.1) is 5.92 Å². The van der Waals surface area contributed by atoms with E-state index < -0.39 is 5.97 Å². The van der Waals surface area contributed by atoms with Crippen molar-refractivity contribution in [2.24, 2.45) is 5.92 Å². The van der Waals surface area contributed by atoms with Crippen molar-refractivity contribution in [1.29, 1.82) is 0 Å². The van der Waals surface area contributed by atoms with Gasteiger partial charge in [-0.15, -0.1) is 0 Å². The monoisotopic (exact) mass is 508 g/mol. The average Bonchev–Trinajstić information content (AvgIpc) is 3.61. The first-order chi connectivity index (χ1) is 17.5.